The second kappa shape index (κ2) is 5.04. The number of benzene rings is 4. The number of thiophene rings is 1. The van der Waals surface area contributed by atoms with E-state index in [-0.39, 0.29) is 0 Å². The Kier molecular flexibility index (Phi) is 3.06. The fourth-order valence-electron chi connectivity index (χ4n) is 3.35. The van der Waals surface area contributed by atoms with E-state index in [0.717, 1.165) is 8.95 Å². The first-order valence-corrected chi connectivity index (χ1v) is 9.74. The quantitative estimate of drug-likeness (QED) is 0.229. The normalized spacial score (nSPS) is 11.9. The van der Waals surface area contributed by atoms with Crippen molar-refractivity contribution in [3.8, 4) is 0 Å². The molecule has 1 heterocycles. The van der Waals surface area contributed by atoms with Gasteiger partial charge in [-0.15, -0.1) is 11.3 Å². The summed E-state index contributed by atoms with van der Waals surface area (Å²) < 4.78 is 4.98. The first-order valence-electron chi connectivity index (χ1n) is 7.34. The summed E-state index contributed by atoms with van der Waals surface area (Å²) in [5, 5.41) is 7.91. The maximum absolute atomic E-state index is 3.74. The summed E-state index contributed by atoms with van der Waals surface area (Å²) >= 11 is 9.22. The third kappa shape index (κ3) is 2.00. The van der Waals surface area contributed by atoms with Crippen LogP contribution in [0.5, 0.6) is 0 Å². The van der Waals surface area contributed by atoms with Crippen molar-refractivity contribution in [1.29, 1.82) is 0 Å². The highest BCUT2D eigenvalue weighted by Crippen LogP contribution is 2.44. The topological polar surface area (TPSA) is 0 Å². The van der Waals surface area contributed by atoms with E-state index in [4.69, 9.17) is 0 Å². The van der Waals surface area contributed by atoms with Gasteiger partial charge in [0.15, 0.2) is 0 Å². The highest BCUT2D eigenvalue weighted by molar-refractivity contribution is 9.11. The molecule has 0 unspecified atom stereocenters. The van der Waals surface area contributed by atoms with Crippen molar-refractivity contribution in [2.75, 3.05) is 0 Å². The van der Waals surface area contributed by atoms with Crippen LogP contribution in [0.2, 0.25) is 0 Å². The van der Waals surface area contributed by atoms with Gasteiger partial charge in [0.1, 0.15) is 0 Å². The van der Waals surface area contributed by atoms with Gasteiger partial charge in [-0.2, -0.15) is 0 Å². The van der Waals surface area contributed by atoms with Crippen LogP contribution in [0.1, 0.15) is 0 Å². The van der Waals surface area contributed by atoms with E-state index in [2.05, 4.69) is 92.5 Å². The van der Waals surface area contributed by atoms with Crippen molar-refractivity contribution >= 4 is 84.9 Å². The molecule has 4 aromatic carbocycles. The van der Waals surface area contributed by atoms with Crippen molar-refractivity contribution in [2.45, 2.75) is 0 Å². The van der Waals surface area contributed by atoms with Crippen LogP contribution in [-0.2, 0) is 0 Å². The molecule has 0 spiro atoms. The van der Waals surface area contributed by atoms with Gasteiger partial charge in [0.05, 0.1) is 0 Å². The molecular formula is C20H10Br2S. The standard InChI is InChI=1S/C20H10Br2S/c21-12-7-5-11-6-8-15-19-14-4-2-1-3-13(14)17(22)10-18(19)23-20(15)16(11)9-12/h1-10H. The van der Waals surface area contributed by atoms with Crippen LogP contribution in [0.3, 0.4) is 0 Å². The average Bonchev–Trinajstić information content (AvgIpc) is 2.94. The molecule has 1 aromatic heterocycles. The molecule has 0 atom stereocenters. The monoisotopic (exact) mass is 440 g/mol. The van der Waals surface area contributed by atoms with E-state index in [0.29, 0.717) is 0 Å². The van der Waals surface area contributed by atoms with Gasteiger partial charge >= 0.3 is 0 Å². The number of rotatable bonds is 0. The summed E-state index contributed by atoms with van der Waals surface area (Å²) in [6, 6.07) is 21.9. The third-order valence-corrected chi connectivity index (χ3v) is 6.71. The largest absolute Gasteiger partial charge is 0.134 e. The maximum atomic E-state index is 3.74. The van der Waals surface area contributed by atoms with Crippen LogP contribution < -0.4 is 0 Å². The Bertz CT molecular complexity index is 1230. The minimum Gasteiger partial charge on any atom is -0.134 e. The van der Waals surface area contributed by atoms with Gasteiger partial charge in [-0.3, -0.25) is 0 Å². The van der Waals surface area contributed by atoms with Crippen LogP contribution in [0, 0.1) is 0 Å². The number of hydrogen-bond acceptors (Lipinski definition) is 1. The molecule has 0 fully saturated rings. The zero-order valence-electron chi connectivity index (χ0n) is 11.9. The van der Waals surface area contributed by atoms with E-state index in [1.54, 1.807) is 0 Å². The smallest absolute Gasteiger partial charge is 0.0434 e. The Morgan fingerprint density at radius 3 is 2.35 bits per heavy atom. The SMILES string of the molecule is Brc1ccc2ccc3c(sc4cc(Br)c5ccccc5c43)c2c1. The van der Waals surface area contributed by atoms with Crippen molar-refractivity contribution < 1.29 is 0 Å². The predicted molar refractivity (Wildman–Crippen MR) is 110 cm³/mol. The van der Waals surface area contributed by atoms with Gasteiger partial charge in [0.25, 0.3) is 0 Å². The Morgan fingerprint density at radius 1 is 0.696 bits per heavy atom. The molecule has 0 amide bonds. The molecule has 110 valence electrons. The molecule has 0 aliphatic rings. The summed E-state index contributed by atoms with van der Waals surface area (Å²) in [6.07, 6.45) is 0. The highest BCUT2D eigenvalue weighted by atomic mass is 79.9. The lowest BCUT2D eigenvalue weighted by Gasteiger charge is -2.04. The Balaban J connectivity index is 2.10. The van der Waals surface area contributed by atoms with Crippen LogP contribution in [0.25, 0.3) is 41.7 Å². The van der Waals surface area contributed by atoms with Crippen molar-refractivity contribution in [1.82, 2.24) is 0 Å². The van der Waals surface area contributed by atoms with E-state index in [1.165, 1.54) is 41.7 Å². The fraction of sp³-hybridized carbons (Fsp3) is 0. The van der Waals surface area contributed by atoms with E-state index < -0.39 is 0 Å². The lowest BCUT2D eigenvalue weighted by Crippen LogP contribution is -1.77. The second-order valence-electron chi connectivity index (χ2n) is 5.69. The lowest BCUT2D eigenvalue weighted by molar-refractivity contribution is 1.75. The molecule has 0 nitrogen and oxygen atoms in total. The molecule has 0 radical (unpaired) electrons. The summed E-state index contributed by atoms with van der Waals surface area (Å²) in [6.45, 7) is 0. The Labute approximate surface area is 154 Å². The average molecular weight is 442 g/mol. The second-order valence-corrected chi connectivity index (χ2v) is 8.51. The summed E-state index contributed by atoms with van der Waals surface area (Å²) in [7, 11) is 0. The van der Waals surface area contributed by atoms with E-state index in [1.807, 2.05) is 11.3 Å². The first-order chi connectivity index (χ1) is 11.2. The Morgan fingerprint density at radius 2 is 1.48 bits per heavy atom. The molecule has 0 aliphatic carbocycles. The first kappa shape index (κ1) is 14.0. The van der Waals surface area contributed by atoms with Gasteiger partial charge in [-0.1, -0.05) is 74.3 Å². The molecule has 0 N–H and O–H groups in total. The third-order valence-electron chi connectivity index (χ3n) is 4.37. The van der Waals surface area contributed by atoms with Gasteiger partial charge in [0.2, 0.25) is 0 Å². The molecule has 0 saturated carbocycles. The molecule has 5 aromatic rings. The molecule has 0 saturated heterocycles. The highest BCUT2D eigenvalue weighted by Gasteiger charge is 2.13. The van der Waals surface area contributed by atoms with Crippen LogP contribution in [0.4, 0.5) is 0 Å². The van der Waals surface area contributed by atoms with Gasteiger partial charge in [0, 0.05) is 34.5 Å². The fourth-order valence-corrected chi connectivity index (χ4v) is 5.72. The lowest BCUT2D eigenvalue weighted by atomic mass is 10.0. The van der Waals surface area contributed by atoms with Crippen LogP contribution in [0.15, 0.2) is 69.6 Å². The van der Waals surface area contributed by atoms with Gasteiger partial charge in [-0.25, -0.2) is 0 Å². The zero-order valence-corrected chi connectivity index (χ0v) is 15.9. The maximum Gasteiger partial charge on any atom is 0.0434 e. The Hall–Kier alpha value is -1.42. The molecular weight excluding hydrogens is 432 g/mol. The minimum absolute atomic E-state index is 1.13. The molecule has 3 heteroatoms. The molecule has 23 heavy (non-hydrogen) atoms. The zero-order chi connectivity index (χ0) is 15.6. The number of hydrogen-bond donors (Lipinski definition) is 0. The van der Waals surface area contributed by atoms with Crippen molar-refractivity contribution in [3.63, 3.8) is 0 Å². The van der Waals surface area contributed by atoms with Crippen molar-refractivity contribution in [3.05, 3.63) is 69.6 Å². The molecule has 0 aliphatic heterocycles. The minimum atomic E-state index is 1.13. The van der Waals surface area contributed by atoms with Crippen molar-refractivity contribution in [2.24, 2.45) is 0 Å². The van der Waals surface area contributed by atoms with Gasteiger partial charge in [-0.05, 0) is 34.4 Å². The molecule has 0 bridgehead atoms. The number of fused-ring (bicyclic) bond motifs is 7. The van der Waals surface area contributed by atoms with E-state index >= 15 is 0 Å². The summed E-state index contributed by atoms with van der Waals surface area (Å²) in [5.74, 6) is 0. The summed E-state index contributed by atoms with van der Waals surface area (Å²) in [5.41, 5.74) is 0. The van der Waals surface area contributed by atoms with E-state index in [9.17, 15) is 0 Å². The number of halogens is 2. The van der Waals surface area contributed by atoms with Crippen LogP contribution in [-0.4, -0.2) is 0 Å². The van der Waals surface area contributed by atoms with Crippen LogP contribution >= 0.6 is 43.2 Å². The molecule has 5 rings (SSSR count). The predicted octanol–water partition coefficient (Wildman–Crippen LogP) is 7.89. The van der Waals surface area contributed by atoms with Gasteiger partial charge < -0.3 is 0 Å². The summed E-state index contributed by atoms with van der Waals surface area (Å²) in [4.78, 5) is 0.